The first-order valence-electron chi connectivity index (χ1n) is 12.7. The molecule has 1 fully saturated rings. The monoisotopic (exact) mass is 465 g/mol. The first kappa shape index (κ1) is 26.1. The quantitative estimate of drug-likeness (QED) is 0.433. The van der Waals surface area contributed by atoms with E-state index < -0.39 is 0 Å². The van der Waals surface area contributed by atoms with Gasteiger partial charge in [0, 0.05) is 31.4 Å². The fourth-order valence-corrected chi connectivity index (χ4v) is 4.29. The Kier molecular flexibility index (Phi) is 8.29. The van der Waals surface area contributed by atoms with E-state index in [9.17, 15) is 4.79 Å². The molecule has 0 bridgehead atoms. The lowest BCUT2D eigenvalue weighted by Gasteiger charge is -2.30. The Morgan fingerprint density at radius 2 is 1.68 bits per heavy atom. The van der Waals surface area contributed by atoms with Crippen LogP contribution in [0.5, 0.6) is 5.75 Å². The lowest BCUT2D eigenvalue weighted by molar-refractivity contribution is -0.118. The van der Waals surface area contributed by atoms with Crippen LogP contribution in [0.15, 0.2) is 42.5 Å². The Bertz CT molecular complexity index is 977. The van der Waals surface area contributed by atoms with Crippen LogP contribution in [0.4, 0.5) is 11.4 Å². The van der Waals surface area contributed by atoms with E-state index in [4.69, 9.17) is 4.74 Å². The molecule has 5 heteroatoms. The number of ether oxygens (including phenoxy) is 1. The molecule has 0 radical (unpaired) electrons. The van der Waals surface area contributed by atoms with Crippen molar-refractivity contribution in [3.63, 3.8) is 0 Å². The first-order chi connectivity index (χ1) is 16.1. The summed E-state index contributed by atoms with van der Waals surface area (Å²) in [5.41, 5.74) is 4.38. The van der Waals surface area contributed by atoms with E-state index in [1.54, 1.807) is 0 Å². The van der Waals surface area contributed by atoms with Crippen LogP contribution in [0.3, 0.4) is 0 Å². The predicted octanol–water partition coefficient (Wildman–Crippen LogP) is 6.53. The molecule has 1 N–H and O–H groups in total. The van der Waals surface area contributed by atoms with Gasteiger partial charge < -0.3 is 15.1 Å². The average molecular weight is 466 g/mol. The molecule has 1 saturated heterocycles. The van der Waals surface area contributed by atoms with Crippen molar-refractivity contribution in [2.45, 2.75) is 78.1 Å². The Balaban J connectivity index is 1.70. The fraction of sp³-hybridized carbons (Fsp3) is 0.552. The molecule has 0 saturated carbocycles. The van der Waals surface area contributed by atoms with Crippen LogP contribution in [-0.4, -0.2) is 37.7 Å². The molecule has 0 unspecified atom stereocenters. The van der Waals surface area contributed by atoms with Crippen molar-refractivity contribution in [3.8, 4) is 5.75 Å². The Morgan fingerprint density at radius 1 is 1.00 bits per heavy atom. The summed E-state index contributed by atoms with van der Waals surface area (Å²) in [6.45, 7) is 15.6. The molecule has 1 amide bonds. The highest BCUT2D eigenvalue weighted by Crippen LogP contribution is 2.38. The summed E-state index contributed by atoms with van der Waals surface area (Å²) in [7, 11) is 2.08. The number of rotatable bonds is 10. The SMILES string of the molecule is CCC(C)(C)c1ccc(OCC(=O)Nc2cccc(N(C)N3CCCC3)c2)c(C(C)(C)CC)c1. The second-order valence-corrected chi connectivity index (χ2v) is 10.8. The van der Waals surface area contributed by atoms with Crippen LogP contribution in [0, 0.1) is 0 Å². The molecule has 0 aromatic heterocycles. The fourth-order valence-electron chi connectivity index (χ4n) is 4.29. The molecule has 2 aromatic rings. The molecule has 0 atom stereocenters. The Morgan fingerprint density at radius 3 is 2.32 bits per heavy atom. The molecule has 1 aliphatic heterocycles. The summed E-state index contributed by atoms with van der Waals surface area (Å²) in [4.78, 5) is 12.8. The predicted molar refractivity (Wildman–Crippen MR) is 143 cm³/mol. The molecule has 3 rings (SSSR count). The molecule has 186 valence electrons. The van der Waals surface area contributed by atoms with Gasteiger partial charge in [0.25, 0.3) is 5.91 Å². The third-order valence-corrected chi connectivity index (χ3v) is 7.63. The zero-order valence-electron chi connectivity index (χ0n) is 22.2. The molecular weight excluding hydrogens is 422 g/mol. The van der Waals surface area contributed by atoms with Crippen molar-refractivity contribution in [1.29, 1.82) is 0 Å². The number of carbonyl (C=O) groups is 1. The third-order valence-electron chi connectivity index (χ3n) is 7.63. The summed E-state index contributed by atoms with van der Waals surface area (Å²) in [5.74, 6) is 0.638. The highest BCUT2D eigenvalue weighted by molar-refractivity contribution is 5.92. The molecule has 1 aliphatic rings. The standard InChI is InChI=1S/C29H43N3O2/c1-8-28(3,4)22-15-16-26(25(19-22)29(5,6)9-2)34-21-27(33)30-23-13-12-14-24(20-23)31(7)32-17-10-11-18-32/h12-16,19-20H,8-11,17-18,21H2,1-7H3,(H,30,33). The molecule has 0 aliphatic carbocycles. The number of hydrogen-bond donors (Lipinski definition) is 1. The van der Waals surface area contributed by atoms with Gasteiger partial charge in [-0.2, -0.15) is 0 Å². The van der Waals surface area contributed by atoms with Crippen LogP contribution in [0.2, 0.25) is 0 Å². The van der Waals surface area contributed by atoms with Gasteiger partial charge in [-0.05, 0) is 66.3 Å². The number of amides is 1. The largest absolute Gasteiger partial charge is 0.483 e. The average Bonchev–Trinajstić information content (AvgIpc) is 3.37. The van der Waals surface area contributed by atoms with Crippen molar-refractivity contribution in [2.24, 2.45) is 0 Å². The van der Waals surface area contributed by atoms with Crippen molar-refractivity contribution in [3.05, 3.63) is 53.6 Å². The van der Waals surface area contributed by atoms with E-state index >= 15 is 0 Å². The number of nitrogens with one attached hydrogen (secondary N) is 1. The zero-order valence-corrected chi connectivity index (χ0v) is 22.2. The van der Waals surface area contributed by atoms with Gasteiger partial charge in [-0.1, -0.05) is 59.7 Å². The summed E-state index contributed by atoms with van der Waals surface area (Å²) < 4.78 is 6.09. The van der Waals surface area contributed by atoms with Gasteiger partial charge >= 0.3 is 0 Å². The van der Waals surface area contributed by atoms with Gasteiger partial charge in [-0.3, -0.25) is 4.79 Å². The van der Waals surface area contributed by atoms with E-state index in [0.717, 1.165) is 48.6 Å². The van der Waals surface area contributed by atoms with Gasteiger partial charge in [0.05, 0.1) is 5.69 Å². The Labute approximate surface area is 206 Å². The molecular formula is C29H43N3O2. The van der Waals surface area contributed by atoms with E-state index in [-0.39, 0.29) is 23.3 Å². The minimum absolute atomic E-state index is 0.0183. The summed E-state index contributed by atoms with van der Waals surface area (Å²) in [5, 5.41) is 7.52. The van der Waals surface area contributed by atoms with E-state index in [1.165, 1.54) is 18.4 Å². The first-order valence-corrected chi connectivity index (χ1v) is 12.7. The van der Waals surface area contributed by atoms with Gasteiger partial charge in [-0.15, -0.1) is 0 Å². The number of hydrogen-bond acceptors (Lipinski definition) is 4. The topological polar surface area (TPSA) is 44.8 Å². The molecule has 2 aromatic carbocycles. The van der Waals surface area contributed by atoms with Crippen molar-refractivity contribution in [2.75, 3.05) is 37.1 Å². The van der Waals surface area contributed by atoms with Crippen LogP contribution >= 0.6 is 0 Å². The smallest absolute Gasteiger partial charge is 0.262 e. The number of anilines is 2. The normalized spacial score (nSPS) is 14.8. The summed E-state index contributed by atoms with van der Waals surface area (Å²) >= 11 is 0. The maximum atomic E-state index is 12.8. The Hall–Kier alpha value is -2.53. The summed E-state index contributed by atoms with van der Waals surface area (Å²) in [6.07, 6.45) is 4.51. The van der Waals surface area contributed by atoms with Crippen LogP contribution < -0.4 is 15.1 Å². The van der Waals surface area contributed by atoms with Crippen LogP contribution in [-0.2, 0) is 15.6 Å². The minimum atomic E-state index is -0.154. The molecule has 5 nitrogen and oxygen atoms in total. The van der Waals surface area contributed by atoms with Gasteiger partial charge in [0.2, 0.25) is 0 Å². The van der Waals surface area contributed by atoms with Crippen molar-refractivity contribution >= 4 is 17.3 Å². The maximum Gasteiger partial charge on any atom is 0.262 e. The van der Waals surface area contributed by atoms with E-state index in [0.29, 0.717) is 0 Å². The lowest BCUT2D eigenvalue weighted by Crippen LogP contribution is -2.37. The summed E-state index contributed by atoms with van der Waals surface area (Å²) in [6, 6.07) is 14.5. The number of benzene rings is 2. The second-order valence-electron chi connectivity index (χ2n) is 10.8. The number of carbonyl (C=O) groups excluding carboxylic acids is 1. The lowest BCUT2D eigenvalue weighted by atomic mass is 9.76. The highest BCUT2D eigenvalue weighted by atomic mass is 16.5. The van der Waals surface area contributed by atoms with Crippen LogP contribution in [0.1, 0.15) is 78.4 Å². The van der Waals surface area contributed by atoms with E-state index in [1.807, 2.05) is 24.3 Å². The second kappa shape index (κ2) is 10.8. The van der Waals surface area contributed by atoms with Gasteiger partial charge in [-0.25, -0.2) is 5.01 Å². The highest BCUT2D eigenvalue weighted by Gasteiger charge is 2.27. The third kappa shape index (κ3) is 6.12. The zero-order chi connectivity index (χ0) is 24.9. The molecule has 34 heavy (non-hydrogen) atoms. The van der Waals surface area contributed by atoms with Crippen LogP contribution in [0.25, 0.3) is 0 Å². The van der Waals surface area contributed by atoms with Gasteiger partial charge in [0.1, 0.15) is 5.75 Å². The number of nitrogens with zero attached hydrogens (tertiary/aromatic N) is 2. The molecule has 0 spiro atoms. The van der Waals surface area contributed by atoms with Gasteiger partial charge in [0.15, 0.2) is 6.61 Å². The number of hydrazine groups is 1. The maximum absolute atomic E-state index is 12.8. The minimum Gasteiger partial charge on any atom is -0.483 e. The molecule has 1 heterocycles. The van der Waals surface area contributed by atoms with Crippen molar-refractivity contribution in [1.82, 2.24) is 5.01 Å². The van der Waals surface area contributed by atoms with Crippen molar-refractivity contribution < 1.29 is 9.53 Å². The van der Waals surface area contributed by atoms with E-state index in [2.05, 4.69) is 82.1 Å².